The minimum absolute atomic E-state index is 0.0485. The van der Waals surface area contributed by atoms with Gasteiger partial charge in [0.15, 0.2) is 0 Å². The molecule has 0 atom stereocenters. The molecule has 0 saturated carbocycles. The first-order valence-electron chi connectivity index (χ1n) is 8.31. The molecule has 2 aromatic heterocycles. The monoisotopic (exact) mass is 455 g/mol. The molecule has 0 aliphatic heterocycles. The van der Waals surface area contributed by atoms with Crippen molar-refractivity contribution in [2.45, 2.75) is 6.61 Å². The number of ether oxygens (including phenoxy) is 1. The number of pyridine rings is 1. The first kappa shape index (κ1) is 20.3. The van der Waals surface area contributed by atoms with Gasteiger partial charge in [-0.05, 0) is 36.4 Å². The van der Waals surface area contributed by atoms with Crippen LogP contribution in [0, 0.1) is 21.4 Å². The zero-order chi connectivity index (χ0) is 21.0. The van der Waals surface area contributed by atoms with Crippen molar-refractivity contribution in [3.63, 3.8) is 0 Å². The molecule has 1 N–H and O–H groups in total. The van der Waals surface area contributed by atoms with Gasteiger partial charge in [0.25, 0.3) is 11.2 Å². The molecule has 0 unspecified atom stereocenters. The van der Waals surface area contributed by atoms with Crippen molar-refractivity contribution in [2.75, 3.05) is 7.11 Å². The van der Waals surface area contributed by atoms with Crippen LogP contribution in [0.5, 0.6) is 0 Å². The molecular formula is C20H14BrN3O5. The number of H-pyrrole nitrogens is 1. The lowest BCUT2D eigenvalue weighted by Gasteiger charge is -2.06. The summed E-state index contributed by atoms with van der Waals surface area (Å²) in [6.07, 6.45) is 2.87. The largest absolute Gasteiger partial charge is 0.457 e. The summed E-state index contributed by atoms with van der Waals surface area (Å²) < 4.78 is 11.6. The average molecular weight is 456 g/mol. The quantitative estimate of drug-likeness (QED) is 0.431. The van der Waals surface area contributed by atoms with E-state index in [9.17, 15) is 20.2 Å². The van der Waals surface area contributed by atoms with Crippen molar-refractivity contribution in [1.29, 1.82) is 5.26 Å². The molecule has 1 aromatic carbocycles. The molecule has 0 aliphatic carbocycles. The third kappa shape index (κ3) is 4.34. The van der Waals surface area contributed by atoms with Crippen LogP contribution in [0.3, 0.4) is 0 Å². The van der Waals surface area contributed by atoms with Crippen LogP contribution in [0.2, 0.25) is 0 Å². The highest BCUT2D eigenvalue weighted by molar-refractivity contribution is 9.10. The van der Waals surface area contributed by atoms with Crippen LogP contribution in [0.1, 0.15) is 22.6 Å². The molecule has 2 heterocycles. The van der Waals surface area contributed by atoms with E-state index in [1.807, 2.05) is 24.3 Å². The summed E-state index contributed by atoms with van der Waals surface area (Å²) in [5, 5.41) is 20.8. The highest BCUT2D eigenvalue weighted by Gasteiger charge is 2.25. The third-order valence-corrected chi connectivity index (χ3v) is 4.60. The van der Waals surface area contributed by atoms with Crippen LogP contribution in [-0.4, -0.2) is 17.0 Å². The van der Waals surface area contributed by atoms with Crippen LogP contribution >= 0.6 is 15.9 Å². The molecular weight excluding hydrogens is 442 g/mol. The van der Waals surface area contributed by atoms with E-state index in [4.69, 9.17) is 9.15 Å². The van der Waals surface area contributed by atoms with Gasteiger partial charge < -0.3 is 14.1 Å². The van der Waals surface area contributed by atoms with Crippen molar-refractivity contribution in [3.8, 4) is 17.4 Å². The molecule has 9 heteroatoms. The van der Waals surface area contributed by atoms with Gasteiger partial charge in [0.2, 0.25) is 0 Å². The van der Waals surface area contributed by atoms with Gasteiger partial charge in [0.05, 0.1) is 17.1 Å². The third-order valence-electron chi connectivity index (χ3n) is 4.07. The Labute approximate surface area is 173 Å². The summed E-state index contributed by atoms with van der Waals surface area (Å²) in [5.41, 5.74) is -0.705. The van der Waals surface area contributed by atoms with Gasteiger partial charge in [0.1, 0.15) is 28.8 Å². The molecule has 0 aliphatic rings. The Bertz CT molecular complexity index is 1190. The van der Waals surface area contributed by atoms with Gasteiger partial charge in [-0.15, -0.1) is 0 Å². The highest BCUT2D eigenvalue weighted by atomic mass is 79.9. The zero-order valence-corrected chi connectivity index (χ0v) is 16.7. The predicted octanol–water partition coefficient (Wildman–Crippen LogP) is 4.49. The van der Waals surface area contributed by atoms with Gasteiger partial charge in [-0.3, -0.25) is 14.9 Å². The fraction of sp³-hybridized carbons (Fsp3) is 0.100. The molecule has 146 valence electrons. The number of nitrogens with one attached hydrogen (secondary N) is 1. The van der Waals surface area contributed by atoms with Gasteiger partial charge in [-0.1, -0.05) is 28.1 Å². The van der Waals surface area contributed by atoms with E-state index in [2.05, 4.69) is 20.9 Å². The molecule has 0 spiro atoms. The second-order valence-electron chi connectivity index (χ2n) is 5.91. The van der Waals surface area contributed by atoms with Crippen LogP contribution < -0.4 is 5.56 Å². The SMILES string of the molecule is COCc1c([N+](=O)[O-])c(C=Cc2ccc(-c3ccc(Br)cc3)o2)[nH]c(=O)c1C#N. The summed E-state index contributed by atoms with van der Waals surface area (Å²) in [6.45, 7) is -0.238. The molecule has 3 aromatic rings. The first-order chi connectivity index (χ1) is 13.9. The number of methoxy groups -OCH3 is 1. The molecule has 3 rings (SSSR count). The summed E-state index contributed by atoms with van der Waals surface area (Å²) >= 11 is 3.37. The number of rotatable bonds is 6. The topological polar surface area (TPSA) is 122 Å². The fourth-order valence-electron chi connectivity index (χ4n) is 2.77. The maximum absolute atomic E-state index is 12.2. The molecule has 0 radical (unpaired) electrons. The number of aromatic amines is 1. The highest BCUT2D eigenvalue weighted by Crippen LogP contribution is 2.27. The number of halogens is 1. The molecule has 0 amide bonds. The van der Waals surface area contributed by atoms with E-state index in [0.29, 0.717) is 11.5 Å². The van der Waals surface area contributed by atoms with Crippen molar-refractivity contribution in [2.24, 2.45) is 0 Å². The lowest BCUT2D eigenvalue weighted by molar-refractivity contribution is -0.386. The van der Waals surface area contributed by atoms with Crippen molar-refractivity contribution in [1.82, 2.24) is 4.98 Å². The second kappa shape index (κ2) is 8.68. The Morgan fingerprint density at radius 1 is 1.28 bits per heavy atom. The number of aromatic nitrogens is 1. The Morgan fingerprint density at radius 3 is 2.62 bits per heavy atom. The summed E-state index contributed by atoms with van der Waals surface area (Å²) in [4.78, 5) is 25.5. The minimum atomic E-state index is -0.722. The second-order valence-corrected chi connectivity index (χ2v) is 6.83. The van der Waals surface area contributed by atoms with Crippen LogP contribution in [0.15, 0.2) is 50.1 Å². The normalized spacial score (nSPS) is 10.9. The Hall–Kier alpha value is -3.48. The minimum Gasteiger partial charge on any atom is -0.457 e. The number of furan rings is 1. The van der Waals surface area contributed by atoms with Crippen molar-refractivity contribution >= 4 is 33.8 Å². The number of benzene rings is 1. The average Bonchev–Trinajstić information content (AvgIpc) is 3.16. The lowest BCUT2D eigenvalue weighted by atomic mass is 10.1. The number of nitrogens with zero attached hydrogens (tertiary/aromatic N) is 2. The summed E-state index contributed by atoms with van der Waals surface area (Å²) in [5.74, 6) is 1.07. The Kier molecular flexibility index (Phi) is 6.07. The van der Waals surface area contributed by atoms with Gasteiger partial charge in [0, 0.05) is 17.1 Å². The van der Waals surface area contributed by atoms with Crippen LogP contribution in [0.4, 0.5) is 5.69 Å². The van der Waals surface area contributed by atoms with Crippen LogP contribution in [-0.2, 0) is 11.3 Å². The molecule has 29 heavy (non-hydrogen) atoms. The fourth-order valence-corrected chi connectivity index (χ4v) is 3.04. The van der Waals surface area contributed by atoms with Crippen LogP contribution in [0.25, 0.3) is 23.5 Å². The van der Waals surface area contributed by atoms with E-state index in [-0.39, 0.29) is 29.1 Å². The zero-order valence-electron chi connectivity index (χ0n) is 15.1. The smallest absolute Gasteiger partial charge is 0.299 e. The first-order valence-corrected chi connectivity index (χ1v) is 9.10. The lowest BCUT2D eigenvalue weighted by Crippen LogP contribution is -2.18. The maximum Gasteiger partial charge on any atom is 0.299 e. The molecule has 0 fully saturated rings. The standard InChI is InChI=1S/C20H14BrN3O5/c1-28-11-16-15(10-22)20(25)23-17(19(16)24(26)27)8-6-14-7-9-18(29-14)12-2-4-13(21)5-3-12/h2-9H,11H2,1H3,(H,23,25). The van der Waals surface area contributed by atoms with Crippen molar-refractivity contribution < 1.29 is 14.1 Å². The van der Waals surface area contributed by atoms with Gasteiger partial charge in [-0.2, -0.15) is 5.26 Å². The summed E-state index contributed by atoms with van der Waals surface area (Å²) in [6, 6.07) is 12.7. The van der Waals surface area contributed by atoms with E-state index in [1.165, 1.54) is 19.3 Å². The van der Waals surface area contributed by atoms with Gasteiger partial charge in [-0.25, -0.2) is 0 Å². The van der Waals surface area contributed by atoms with E-state index < -0.39 is 10.5 Å². The summed E-state index contributed by atoms with van der Waals surface area (Å²) in [7, 11) is 1.33. The molecule has 0 bridgehead atoms. The van der Waals surface area contributed by atoms with Gasteiger partial charge >= 0.3 is 0 Å². The van der Waals surface area contributed by atoms with E-state index >= 15 is 0 Å². The maximum atomic E-state index is 12.2. The van der Waals surface area contributed by atoms with Crippen molar-refractivity contribution in [3.05, 3.63) is 83.9 Å². The number of nitro groups is 1. The van der Waals surface area contributed by atoms with E-state index in [0.717, 1.165) is 10.0 Å². The Balaban J connectivity index is 2.01. The number of hydrogen-bond donors (Lipinski definition) is 1. The Morgan fingerprint density at radius 2 is 2.00 bits per heavy atom. The molecule has 0 saturated heterocycles. The predicted molar refractivity (Wildman–Crippen MR) is 110 cm³/mol. The number of nitriles is 1. The van der Waals surface area contributed by atoms with E-state index in [1.54, 1.807) is 18.2 Å². The molecule has 8 nitrogen and oxygen atoms in total. The number of hydrogen-bond acceptors (Lipinski definition) is 6.